The number of para-hydroxylation sites is 1. The molecule has 3 aromatic rings. The summed E-state index contributed by atoms with van der Waals surface area (Å²) in [5, 5.41) is 4.80. The molecule has 2 heterocycles. The van der Waals surface area contributed by atoms with Crippen molar-refractivity contribution in [1.82, 2.24) is 19.6 Å². The molecule has 1 aliphatic rings. The van der Waals surface area contributed by atoms with Gasteiger partial charge >= 0.3 is 0 Å². The zero-order valence-corrected chi connectivity index (χ0v) is 18.2. The van der Waals surface area contributed by atoms with Crippen LogP contribution in [0.5, 0.6) is 11.5 Å². The summed E-state index contributed by atoms with van der Waals surface area (Å²) in [6.07, 6.45) is 0. The molecule has 4 rings (SSSR count). The van der Waals surface area contributed by atoms with Crippen molar-refractivity contribution in [3.05, 3.63) is 60.3 Å². The molecule has 162 valence electrons. The Labute approximate surface area is 182 Å². The third-order valence-electron chi connectivity index (χ3n) is 5.72. The number of methoxy groups -OCH3 is 2. The van der Waals surface area contributed by atoms with Crippen LogP contribution in [-0.4, -0.2) is 72.4 Å². The zero-order chi connectivity index (χ0) is 21.8. The highest BCUT2D eigenvalue weighted by atomic mass is 16.5. The van der Waals surface area contributed by atoms with Crippen molar-refractivity contribution in [2.24, 2.45) is 0 Å². The lowest BCUT2D eigenvalue weighted by Gasteiger charge is -2.34. The van der Waals surface area contributed by atoms with Crippen LogP contribution in [0.2, 0.25) is 0 Å². The zero-order valence-electron chi connectivity index (χ0n) is 18.2. The van der Waals surface area contributed by atoms with Gasteiger partial charge in [0, 0.05) is 37.8 Å². The summed E-state index contributed by atoms with van der Waals surface area (Å²) in [5.74, 6) is 1.34. The molecule has 7 nitrogen and oxygen atoms in total. The first-order valence-corrected chi connectivity index (χ1v) is 10.5. The fourth-order valence-electron chi connectivity index (χ4n) is 3.87. The second-order valence-electron chi connectivity index (χ2n) is 7.45. The van der Waals surface area contributed by atoms with Gasteiger partial charge in [-0.05, 0) is 36.9 Å². The largest absolute Gasteiger partial charge is 0.497 e. The fraction of sp³-hybridized carbons (Fsp3) is 0.333. The maximum Gasteiger partial charge on any atom is 0.272 e. The first-order valence-electron chi connectivity index (χ1n) is 10.5. The van der Waals surface area contributed by atoms with Gasteiger partial charge in [-0.2, -0.15) is 5.10 Å². The minimum absolute atomic E-state index is 0.00849. The van der Waals surface area contributed by atoms with E-state index in [1.807, 2.05) is 59.5 Å². The number of carbonyl (C=O) groups is 1. The maximum absolute atomic E-state index is 13.5. The Kier molecular flexibility index (Phi) is 6.23. The van der Waals surface area contributed by atoms with Crippen molar-refractivity contribution in [2.75, 3.05) is 46.9 Å². The molecule has 0 saturated carbocycles. The van der Waals surface area contributed by atoms with Crippen molar-refractivity contribution in [3.8, 4) is 28.4 Å². The fourth-order valence-corrected chi connectivity index (χ4v) is 3.87. The maximum atomic E-state index is 13.5. The number of ether oxygens (including phenoxy) is 2. The molecule has 0 radical (unpaired) electrons. The van der Waals surface area contributed by atoms with Crippen molar-refractivity contribution < 1.29 is 14.3 Å². The highest BCUT2D eigenvalue weighted by Gasteiger charge is 2.26. The van der Waals surface area contributed by atoms with Crippen molar-refractivity contribution in [3.63, 3.8) is 0 Å². The molecular weight excluding hydrogens is 392 g/mol. The molecule has 1 aliphatic heterocycles. The van der Waals surface area contributed by atoms with Crippen molar-refractivity contribution in [1.29, 1.82) is 0 Å². The Bertz CT molecular complexity index is 1040. The monoisotopic (exact) mass is 420 g/mol. The predicted octanol–water partition coefficient (Wildman–Crippen LogP) is 3.33. The van der Waals surface area contributed by atoms with Crippen molar-refractivity contribution >= 4 is 5.91 Å². The minimum Gasteiger partial charge on any atom is -0.497 e. The van der Waals surface area contributed by atoms with E-state index >= 15 is 0 Å². The van der Waals surface area contributed by atoms with E-state index in [0.29, 0.717) is 36.0 Å². The highest BCUT2D eigenvalue weighted by Crippen LogP contribution is 2.33. The van der Waals surface area contributed by atoms with E-state index in [1.165, 1.54) is 0 Å². The van der Waals surface area contributed by atoms with E-state index < -0.39 is 0 Å². The number of nitrogens with zero attached hydrogens (tertiary/aromatic N) is 4. The van der Waals surface area contributed by atoms with Crippen molar-refractivity contribution in [2.45, 2.75) is 6.92 Å². The van der Waals surface area contributed by atoms with E-state index in [4.69, 9.17) is 14.6 Å². The summed E-state index contributed by atoms with van der Waals surface area (Å²) in [7, 11) is 3.24. The Morgan fingerprint density at radius 2 is 1.71 bits per heavy atom. The number of hydrogen-bond acceptors (Lipinski definition) is 5. The van der Waals surface area contributed by atoms with E-state index in [1.54, 1.807) is 18.9 Å². The first-order chi connectivity index (χ1) is 15.1. The molecule has 0 unspecified atom stereocenters. The lowest BCUT2D eigenvalue weighted by Crippen LogP contribution is -2.48. The average Bonchev–Trinajstić information content (AvgIpc) is 3.29. The minimum atomic E-state index is -0.00849. The van der Waals surface area contributed by atoms with Crippen LogP contribution in [0.15, 0.2) is 54.6 Å². The molecule has 0 atom stereocenters. The summed E-state index contributed by atoms with van der Waals surface area (Å²) in [4.78, 5) is 17.8. The average molecular weight is 421 g/mol. The Morgan fingerprint density at radius 3 is 2.35 bits per heavy atom. The third-order valence-corrected chi connectivity index (χ3v) is 5.72. The van der Waals surface area contributed by atoms with Gasteiger partial charge in [-0.3, -0.25) is 4.79 Å². The predicted molar refractivity (Wildman–Crippen MR) is 120 cm³/mol. The van der Waals surface area contributed by atoms with Gasteiger partial charge in [-0.25, -0.2) is 4.68 Å². The molecule has 1 aromatic heterocycles. The van der Waals surface area contributed by atoms with Crippen LogP contribution in [0.1, 0.15) is 17.4 Å². The van der Waals surface area contributed by atoms with E-state index in [2.05, 4.69) is 11.8 Å². The summed E-state index contributed by atoms with van der Waals surface area (Å²) >= 11 is 0. The van der Waals surface area contributed by atoms with Gasteiger partial charge < -0.3 is 19.3 Å². The van der Waals surface area contributed by atoms with Gasteiger partial charge in [-0.1, -0.05) is 25.1 Å². The number of benzene rings is 2. The van der Waals surface area contributed by atoms with Crippen LogP contribution in [0.25, 0.3) is 16.9 Å². The van der Waals surface area contributed by atoms with Crippen LogP contribution >= 0.6 is 0 Å². The number of piperazine rings is 1. The van der Waals surface area contributed by atoms with Gasteiger partial charge in [0.2, 0.25) is 0 Å². The van der Waals surface area contributed by atoms with Crippen LogP contribution in [-0.2, 0) is 0 Å². The number of rotatable bonds is 6. The molecule has 7 heteroatoms. The Balaban J connectivity index is 1.75. The lowest BCUT2D eigenvalue weighted by molar-refractivity contribution is 0.0634. The highest BCUT2D eigenvalue weighted by molar-refractivity contribution is 5.94. The third kappa shape index (κ3) is 4.27. The second kappa shape index (κ2) is 9.22. The molecule has 1 fully saturated rings. The number of likely N-dealkylation sites (N-methyl/N-ethyl adjacent to an activating group) is 1. The van der Waals surface area contributed by atoms with Gasteiger partial charge in [0.25, 0.3) is 5.91 Å². The quantitative estimate of drug-likeness (QED) is 0.612. The summed E-state index contributed by atoms with van der Waals surface area (Å²) in [5.41, 5.74) is 2.88. The molecule has 1 saturated heterocycles. The molecule has 0 bridgehead atoms. The molecule has 2 aromatic carbocycles. The number of carbonyl (C=O) groups excluding carboxylic acids is 1. The molecule has 1 amide bonds. The summed E-state index contributed by atoms with van der Waals surface area (Å²) in [6.45, 7) is 6.37. The van der Waals surface area contributed by atoms with Crippen LogP contribution in [0, 0.1) is 0 Å². The second-order valence-corrected chi connectivity index (χ2v) is 7.45. The van der Waals surface area contributed by atoms with Gasteiger partial charge in [0.1, 0.15) is 17.2 Å². The molecular formula is C24H28N4O3. The summed E-state index contributed by atoms with van der Waals surface area (Å²) < 4.78 is 12.6. The smallest absolute Gasteiger partial charge is 0.272 e. The molecule has 0 spiro atoms. The van der Waals surface area contributed by atoms with E-state index in [0.717, 1.165) is 30.9 Å². The van der Waals surface area contributed by atoms with Crippen LogP contribution < -0.4 is 9.47 Å². The molecule has 31 heavy (non-hydrogen) atoms. The number of hydrogen-bond donors (Lipinski definition) is 0. The van der Waals surface area contributed by atoms with Crippen LogP contribution in [0.4, 0.5) is 0 Å². The Morgan fingerprint density at radius 1 is 0.968 bits per heavy atom. The Hall–Kier alpha value is -3.32. The van der Waals surface area contributed by atoms with Gasteiger partial charge in [0.05, 0.1) is 25.6 Å². The van der Waals surface area contributed by atoms with Crippen LogP contribution in [0.3, 0.4) is 0 Å². The molecule has 0 N–H and O–H groups in total. The van der Waals surface area contributed by atoms with Gasteiger partial charge in [0.15, 0.2) is 0 Å². The first kappa shape index (κ1) is 20.9. The van der Waals surface area contributed by atoms with E-state index in [9.17, 15) is 4.79 Å². The number of amides is 1. The summed E-state index contributed by atoms with van der Waals surface area (Å²) in [6, 6.07) is 17.2. The standard InChI is InChI=1S/C24H28N4O3/c1-4-26-12-14-27(15-13-26)24(29)22-17-21(25-28(22)18-8-6-5-7-9-18)20-11-10-19(30-2)16-23(20)31-3/h5-11,16-17H,4,12-15H2,1-3H3. The number of aromatic nitrogens is 2. The molecule has 0 aliphatic carbocycles. The normalized spacial score (nSPS) is 14.5. The SMILES string of the molecule is CCN1CCN(C(=O)c2cc(-c3ccc(OC)cc3OC)nn2-c2ccccc2)CC1. The van der Waals surface area contributed by atoms with Gasteiger partial charge in [-0.15, -0.1) is 0 Å². The topological polar surface area (TPSA) is 59.8 Å². The lowest BCUT2D eigenvalue weighted by atomic mass is 10.1. The van der Waals surface area contributed by atoms with E-state index in [-0.39, 0.29) is 5.91 Å².